The minimum Gasteiger partial charge on any atom is -0.347 e. The summed E-state index contributed by atoms with van der Waals surface area (Å²) in [5.74, 6) is 0.452. The Morgan fingerprint density at radius 1 is 1.16 bits per heavy atom. The van der Waals surface area contributed by atoms with Crippen LogP contribution in [0.25, 0.3) is 0 Å². The highest BCUT2D eigenvalue weighted by atomic mass is 16.1. The molecule has 0 atom stereocenters. The fraction of sp³-hybridized carbons (Fsp3) is 0.214. The van der Waals surface area contributed by atoms with E-state index in [1.54, 1.807) is 23.4 Å². The number of hydrogen-bond donors (Lipinski definition) is 1. The highest BCUT2D eigenvalue weighted by molar-refractivity contribution is 6.05. The van der Waals surface area contributed by atoms with Crippen LogP contribution in [0.15, 0.2) is 36.7 Å². The molecule has 5 heteroatoms. The van der Waals surface area contributed by atoms with Crippen LogP contribution in [0.1, 0.15) is 15.9 Å². The first-order valence-electron chi connectivity index (χ1n) is 5.94. The van der Waals surface area contributed by atoms with Crippen molar-refractivity contribution in [2.75, 3.05) is 24.3 Å². The van der Waals surface area contributed by atoms with E-state index in [9.17, 15) is 4.79 Å². The Balaban J connectivity index is 2.13. The van der Waals surface area contributed by atoms with Gasteiger partial charge < -0.3 is 10.2 Å². The van der Waals surface area contributed by atoms with Gasteiger partial charge in [0.2, 0.25) is 5.95 Å². The molecule has 0 unspecified atom stereocenters. The van der Waals surface area contributed by atoms with Crippen LogP contribution < -0.4 is 10.2 Å². The molecule has 1 N–H and O–H groups in total. The molecule has 1 heterocycles. The van der Waals surface area contributed by atoms with Gasteiger partial charge in [0.25, 0.3) is 5.91 Å². The first-order valence-corrected chi connectivity index (χ1v) is 5.94. The molecule has 1 aromatic carbocycles. The lowest BCUT2D eigenvalue weighted by Crippen LogP contribution is -2.15. The predicted octanol–water partition coefficient (Wildman–Crippen LogP) is 2.10. The van der Waals surface area contributed by atoms with Gasteiger partial charge >= 0.3 is 0 Å². The summed E-state index contributed by atoms with van der Waals surface area (Å²) in [7, 11) is 3.72. The molecule has 98 valence electrons. The molecule has 1 amide bonds. The van der Waals surface area contributed by atoms with Crippen molar-refractivity contribution >= 4 is 17.5 Å². The van der Waals surface area contributed by atoms with Crippen LogP contribution in [0.3, 0.4) is 0 Å². The number of rotatable bonds is 3. The van der Waals surface area contributed by atoms with E-state index in [4.69, 9.17) is 0 Å². The molecular weight excluding hydrogens is 240 g/mol. The zero-order chi connectivity index (χ0) is 13.8. The number of hydrogen-bond acceptors (Lipinski definition) is 4. The highest BCUT2D eigenvalue weighted by Gasteiger charge is 2.09. The number of benzene rings is 1. The monoisotopic (exact) mass is 256 g/mol. The standard InChI is InChI=1S/C14H16N4O/c1-10-6-4-5-7-12(10)13(19)17-11-8-15-14(16-9-11)18(2)3/h4-9H,1-3H3,(H,17,19). The average molecular weight is 256 g/mol. The fourth-order valence-electron chi connectivity index (χ4n) is 1.64. The maximum Gasteiger partial charge on any atom is 0.256 e. The second kappa shape index (κ2) is 5.48. The lowest BCUT2D eigenvalue weighted by Gasteiger charge is -2.10. The van der Waals surface area contributed by atoms with Gasteiger partial charge in [-0.25, -0.2) is 9.97 Å². The van der Waals surface area contributed by atoms with E-state index >= 15 is 0 Å². The van der Waals surface area contributed by atoms with Crippen molar-refractivity contribution in [2.24, 2.45) is 0 Å². The minimum absolute atomic E-state index is 0.153. The van der Waals surface area contributed by atoms with Gasteiger partial charge in [-0.15, -0.1) is 0 Å². The molecule has 19 heavy (non-hydrogen) atoms. The first kappa shape index (κ1) is 13.0. The summed E-state index contributed by atoms with van der Waals surface area (Å²) in [4.78, 5) is 22.2. The van der Waals surface area contributed by atoms with Crippen molar-refractivity contribution in [3.63, 3.8) is 0 Å². The van der Waals surface area contributed by atoms with Crippen LogP contribution in [-0.2, 0) is 0 Å². The number of carbonyl (C=O) groups is 1. The Labute approximate surface area is 112 Å². The zero-order valence-corrected chi connectivity index (χ0v) is 11.2. The van der Waals surface area contributed by atoms with E-state index in [2.05, 4.69) is 15.3 Å². The fourth-order valence-corrected chi connectivity index (χ4v) is 1.64. The molecule has 0 saturated heterocycles. The van der Waals surface area contributed by atoms with Crippen LogP contribution in [0.4, 0.5) is 11.6 Å². The lowest BCUT2D eigenvalue weighted by atomic mass is 10.1. The molecular formula is C14H16N4O. The smallest absolute Gasteiger partial charge is 0.256 e. The van der Waals surface area contributed by atoms with Gasteiger partial charge in [0.15, 0.2) is 0 Å². The molecule has 0 fully saturated rings. The Hall–Kier alpha value is -2.43. The van der Waals surface area contributed by atoms with Crippen LogP contribution in [-0.4, -0.2) is 30.0 Å². The second-order valence-electron chi connectivity index (χ2n) is 4.44. The summed E-state index contributed by atoms with van der Waals surface area (Å²) in [6.45, 7) is 1.90. The van der Waals surface area contributed by atoms with Crippen LogP contribution >= 0.6 is 0 Å². The summed E-state index contributed by atoms with van der Waals surface area (Å²) in [6.07, 6.45) is 3.19. The van der Waals surface area contributed by atoms with Gasteiger partial charge in [-0.1, -0.05) is 18.2 Å². The normalized spacial score (nSPS) is 10.1. The van der Waals surface area contributed by atoms with Gasteiger partial charge in [-0.05, 0) is 18.6 Å². The molecule has 5 nitrogen and oxygen atoms in total. The maximum absolute atomic E-state index is 12.1. The third-order valence-corrected chi connectivity index (χ3v) is 2.69. The second-order valence-corrected chi connectivity index (χ2v) is 4.44. The zero-order valence-electron chi connectivity index (χ0n) is 11.2. The highest BCUT2D eigenvalue weighted by Crippen LogP contribution is 2.12. The largest absolute Gasteiger partial charge is 0.347 e. The van der Waals surface area contributed by atoms with Gasteiger partial charge in [-0.2, -0.15) is 0 Å². The van der Waals surface area contributed by atoms with E-state index in [1.807, 2.05) is 39.2 Å². The van der Waals surface area contributed by atoms with Crippen molar-refractivity contribution in [3.8, 4) is 0 Å². The van der Waals surface area contributed by atoms with Crippen LogP contribution in [0.5, 0.6) is 0 Å². The number of aryl methyl sites for hydroxylation is 1. The molecule has 2 rings (SSSR count). The van der Waals surface area contributed by atoms with Gasteiger partial charge in [-0.3, -0.25) is 4.79 Å². The summed E-state index contributed by atoms with van der Waals surface area (Å²) in [6, 6.07) is 7.44. The molecule has 0 saturated carbocycles. The van der Waals surface area contributed by atoms with E-state index in [0.717, 1.165) is 5.56 Å². The molecule has 2 aromatic rings. The topological polar surface area (TPSA) is 58.1 Å². The Kier molecular flexibility index (Phi) is 3.75. The number of nitrogens with zero attached hydrogens (tertiary/aromatic N) is 3. The number of amides is 1. The SMILES string of the molecule is Cc1ccccc1C(=O)Nc1cnc(N(C)C)nc1. The van der Waals surface area contributed by atoms with E-state index < -0.39 is 0 Å². The summed E-state index contributed by atoms with van der Waals surface area (Å²) in [5.41, 5.74) is 2.17. The average Bonchev–Trinajstić information content (AvgIpc) is 2.39. The molecule has 0 aliphatic heterocycles. The van der Waals surface area contributed by atoms with Crippen molar-refractivity contribution in [3.05, 3.63) is 47.8 Å². The summed E-state index contributed by atoms with van der Waals surface area (Å²) in [5, 5.41) is 2.78. The van der Waals surface area contributed by atoms with Gasteiger partial charge in [0.1, 0.15) is 0 Å². The van der Waals surface area contributed by atoms with E-state index in [0.29, 0.717) is 17.2 Å². The van der Waals surface area contributed by atoms with Crippen LogP contribution in [0.2, 0.25) is 0 Å². The predicted molar refractivity (Wildman–Crippen MR) is 75.5 cm³/mol. The third-order valence-electron chi connectivity index (χ3n) is 2.69. The summed E-state index contributed by atoms with van der Waals surface area (Å²) >= 11 is 0. The van der Waals surface area contributed by atoms with E-state index in [-0.39, 0.29) is 5.91 Å². The summed E-state index contributed by atoms with van der Waals surface area (Å²) < 4.78 is 0. The molecule has 0 bridgehead atoms. The lowest BCUT2D eigenvalue weighted by molar-refractivity contribution is 0.102. The van der Waals surface area contributed by atoms with E-state index in [1.165, 1.54) is 0 Å². The Bertz CT molecular complexity index is 578. The van der Waals surface area contributed by atoms with Crippen molar-refractivity contribution in [1.82, 2.24) is 9.97 Å². The molecule has 0 radical (unpaired) electrons. The number of anilines is 2. The van der Waals surface area contributed by atoms with Gasteiger partial charge in [0, 0.05) is 19.7 Å². The molecule has 0 aliphatic carbocycles. The molecule has 1 aromatic heterocycles. The number of nitrogens with one attached hydrogen (secondary N) is 1. The Morgan fingerprint density at radius 3 is 2.37 bits per heavy atom. The van der Waals surface area contributed by atoms with Crippen molar-refractivity contribution in [1.29, 1.82) is 0 Å². The van der Waals surface area contributed by atoms with Crippen molar-refractivity contribution in [2.45, 2.75) is 6.92 Å². The quantitative estimate of drug-likeness (QED) is 0.913. The molecule has 0 aliphatic rings. The Morgan fingerprint density at radius 2 is 1.79 bits per heavy atom. The van der Waals surface area contributed by atoms with Crippen molar-refractivity contribution < 1.29 is 4.79 Å². The number of carbonyl (C=O) groups excluding carboxylic acids is 1. The minimum atomic E-state index is -0.153. The molecule has 0 spiro atoms. The van der Waals surface area contributed by atoms with Crippen LogP contribution in [0, 0.1) is 6.92 Å². The van der Waals surface area contributed by atoms with Gasteiger partial charge in [0.05, 0.1) is 18.1 Å². The third kappa shape index (κ3) is 3.07. The maximum atomic E-state index is 12.1. The first-order chi connectivity index (χ1) is 9.08. The number of aromatic nitrogens is 2.